The molecule has 0 bridgehead atoms. The number of aromatic nitrogens is 3. The van der Waals surface area contributed by atoms with Gasteiger partial charge in [0, 0.05) is 43.6 Å². The van der Waals surface area contributed by atoms with Crippen molar-refractivity contribution < 1.29 is 18.0 Å². The van der Waals surface area contributed by atoms with E-state index in [0.29, 0.717) is 31.7 Å². The summed E-state index contributed by atoms with van der Waals surface area (Å²) in [6, 6.07) is 16.3. The summed E-state index contributed by atoms with van der Waals surface area (Å²) in [5.74, 6) is 0.991. The minimum Gasteiger partial charge on any atom is -0.352 e. The number of halogens is 4. The van der Waals surface area contributed by atoms with E-state index < -0.39 is 11.7 Å². The Labute approximate surface area is 204 Å². The summed E-state index contributed by atoms with van der Waals surface area (Å²) in [5, 5.41) is -0.0607. The summed E-state index contributed by atoms with van der Waals surface area (Å²) < 4.78 is 40.7. The number of hydrogen-bond donors (Lipinski definition) is 0. The van der Waals surface area contributed by atoms with Crippen molar-refractivity contribution in [1.29, 1.82) is 0 Å². The van der Waals surface area contributed by atoms with Crippen LogP contribution >= 0.6 is 11.6 Å². The van der Waals surface area contributed by atoms with E-state index in [1.807, 2.05) is 47.9 Å². The van der Waals surface area contributed by atoms with Crippen LogP contribution in [0.15, 0.2) is 60.8 Å². The molecule has 0 N–H and O–H groups in total. The molecule has 1 amide bonds. The summed E-state index contributed by atoms with van der Waals surface area (Å²) in [6.07, 6.45) is -3.72. The van der Waals surface area contributed by atoms with Crippen molar-refractivity contribution in [2.45, 2.75) is 13.1 Å². The number of carbonyl (C=O) groups excluding carboxylic acids is 1. The molecule has 2 aromatic carbocycles. The average molecular weight is 500 g/mol. The van der Waals surface area contributed by atoms with Gasteiger partial charge in [-0.1, -0.05) is 29.8 Å². The molecule has 35 heavy (non-hydrogen) atoms. The lowest BCUT2D eigenvalue weighted by atomic mass is 10.1. The Hall–Kier alpha value is -3.59. The van der Waals surface area contributed by atoms with E-state index in [-0.39, 0.29) is 16.7 Å². The van der Waals surface area contributed by atoms with E-state index in [1.165, 1.54) is 0 Å². The number of aryl methyl sites for hydroxylation is 1. The molecule has 0 unspecified atom stereocenters. The second-order valence-corrected chi connectivity index (χ2v) is 8.75. The van der Waals surface area contributed by atoms with E-state index in [1.54, 1.807) is 21.9 Å². The van der Waals surface area contributed by atoms with Gasteiger partial charge < -0.3 is 9.80 Å². The van der Waals surface area contributed by atoms with Gasteiger partial charge in [-0.2, -0.15) is 13.2 Å². The van der Waals surface area contributed by atoms with E-state index in [0.717, 1.165) is 34.8 Å². The zero-order valence-corrected chi connectivity index (χ0v) is 19.5. The first-order valence-electron chi connectivity index (χ1n) is 11.0. The number of pyridine rings is 1. The first kappa shape index (κ1) is 23.2. The van der Waals surface area contributed by atoms with Crippen LogP contribution in [0, 0.1) is 6.92 Å². The van der Waals surface area contributed by atoms with Crippen LogP contribution in [-0.2, 0) is 6.18 Å². The summed E-state index contributed by atoms with van der Waals surface area (Å²) in [4.78, 5) is 25.3. The van der Waals surface area contributed by atoms with Crippen molar-refractivity contribution in [3.05, 3.63) is 82.8 Å². The normalized spacial score (nSPS) is 14.5. The van der Waals surface area contributed by atoms with Crippen molar-refractivity contribution in [2.75, 3.05) is 31.1 Å². The van der Waals surface area contributed by atoms with Crippen LogP contribution in [0.3, 0.4) is 0 Å². The third-order valence-corrected chi connectivity index (χ3v) is 6.38. The number of rotatable bonds is 3. The van der Waals surface area contributed by atoms with Crippen LogP contribution in [0.1, 0.15) is 21.7 Å². The van der Waals surface area contributed by atoms with Gasteiger partial charge in [0.15, 0.2) is 0 Å². The third kappa shape index (κ3) is 4.43. The van der Waals surface area contributed by atoms with Gasteiger partial charge in [-0.25, -0.2) is 9.97 Å². The number of piperazine rings is 1. The lowest BCUT2D eigenvalue weighted by Gasteiger charge is -2.35. The summed E-state index contributed by atoms with van der Waals surface area (Å²) >= 11 is 6.08. The minimum atomic E-state index is -4.50. The lowest BCUT2D eigenvalue weighted by Crippen LogP contribution is -2.49. The molecule has 6 nitrogen and oxygen atoms in total. The van der Waals surface area contributed by atoms with Crippen molar-refractivity contribution in [1.82, 2.24) is 19.4 Å². The van der Waals surface area contributed by atoms with Crippen LogP contribution in [0.2, 0.25) is 5.02 Å². The highest BCUT2D eigenvalue weighted by Gasteiger charge is 2.32. The topological polar surface area (TPSA) is 54.3 Å². The van der Waals surface area contributed by atoms with Crippen molar-refractivity contribution in [2.24, 2.45) is 0 Å². The zero-order valence-electron chi connectivity index (χ0n) is 18.8. The molecule has 0 atom stereocenters. The fourth-order valence-corrected chi connectivity index (χ4v) is 4.64. The molecule has 4 aromatic rings. The molecule has 0 spiro atoms. The average Bonchev–Trinajstić information content (AvgIpc) is 3.18. The van der Waals surface area contributed by atoms with Crippen LogP contribution in [0.5, 0.6) is 0 Å². The van der Waals surface area contributed by atoms with Crippen molar-refractivity contribution in [3.8, 4) is 5.69 Å². The number of imidazole rings is 1. The van der Waals surface area contributed by atoms with E-state index in [2.05, 4.69) is 9.97 Å². The Morgan fingerprint density at radius 3 is 2.37 bits per heavy atom. The van der Waals surface area contributed by atoms with Crippen LogP contribution < -0.4 is 4.90 Å². The molecule has 1 aliphatic rings. The molecule has 2 aromatic heterocycles. The standard InChI is InChI=1S/C25H21ClF3N5O/c1-16-31-21-13-17(7-8-22(21)34(16)19-5-3-2-4-6-19)24(35)33-11-9-32(10-12-33)23-20(26)14-18(15-30-23)25(27,28)29/h2-8,13-15H,9-12H2,1H3. The maximum Gasteiger partial charge on any atom is 0.417 e. The summed E-state index contributed by atoms with van der Waals surface area (Å²) in [5.41, 5.74) is 2.29. The second-order valence-electron chi connectivity index (χ2n) is 8.34. The van der Waals surface area contributed by atoms with E-state index >= 15 is 0 Å². The first-order chi connectivity index (χ1) is 16.7. The number of amides is 1. The molecule has 5 rings (SSSR count). The maximum absolute atomic E-state index is 13.2. The number of nitrogens with zero attached hydrogens (tertiary/aromatic N) is 5. The molecule has 1 aliphatic heterocycles. The highest BCUT2D eigenvalue weighted by atomic mass is 35.5. The van der Waals surface area contributed by atoms with Crippen LogP contribution in [0.25, 0.3) is 16.7 Å². The minimum absolute atomic E-state index is 0.0607. The molecule has 0 radical (unpaired) electrons. The molecular weight excluding hydrogens is 479 g/mol. The Kier molecular flexibility index (Phi) is 5.88. The Bertz CT molecular complexity index is 1400. The zero-order chi connectivity index (χ0) is 24.7. The highest BCUT2D eigenvalue weighted by molar-refractivity contribution is 6.33. The number of carbonyl (C=O) groups is 1. The number of fused-ring (bicyclic) bond motifs is 1. The Morgan fingerprint density at radius 1 is 1.00 bits per heavy atom. The van der Waals surface area contributed by atoms with Gasteiger partial charge in [0.2, 0.25) is 0 Å². The largest absolute Gasteiger partial charge is 0.417 e. The van der Waals surface area contributed by atoms with Gasteiger partial charge >= 0.3 is 6.18 Å². The third-order valence-electron chi connectivity index (χ3n) is 6.10. The van der Waals surface area contributed by atoms with Gasteiger partial charge in [-0.05, 0) is 43.3 Å². The highest BCUT2D eigenvalue weighted by Crippen LogP contribution is 2.34. The van der Waals surface area contributed by atoms with E-state index in [4.69, 9.17) is 11.6 Å². The van der Waals surface area contributed by atoms with Gasteiger partial charge in [0.05, 0.1) is 21.6 Å². The van der Waals surface area contributed by atoms with Gasteiger partial charge in [0.25, 0.3) is 5.91 Å². The number of anilines is 1. The molecule has 0 aliphatic carbocycles. The van der Waals surface area contributed by atoms with Gasteiger partial charge in [-0.15, -0.1) is 0 Å². The van der Waals surface area contributed by atoms with Crippen LogP contribution in [-0.4, -0.2) is 51.5 Å². The Morgan fingerprint density at radius 2 is 1.71 bits per heavy atom. The smallest absolute Gasteiger partial charge is 0.352 e. The quantitative estimate of drug-likeness (QED) is 0.380. The summed E-state index contributed by atoms with van der Waals surface area (Å²) in [6.45, 7) is 3.54. The molecule has 1 saturated heterocycles. The number of alkyl halides is 3. The summed E-state index contributed by atoms with van der Waals surface area (Å²) in [7, 11) is 0. The predicted octanol–water partition coefficient (Wildman–Crippen LogP) is 5.36. The molecule has 0 saturated carbocycles. The maximum atomic E-state index is 13.2. The van der Waals surface area contributed by atoms with Crippen molar-refractivity contribution in [3.63, 3.8) is 0 Å². The molecule has 10 heteroatoms. The number of para-hydroxylation sites is 1. The van der Waals surface area contributed by atoms with Gasteiger partial charge in [0.1, 0.15) is 11.6 Å². The fraction of sp³-hybridized carbons (Fsp3) is 0.240. The second kappa shape index (κ2) is 8.88. The van der Waals surface area contributed by atoms with Crippen LogP contribution in [0.4, 0.5) is 19.0 Å². The van der Waals surface area contributed by atoms with Crippen molar-refractivity contribution >= 4 is 34.4 Å². The molecule has 3 heterocycles. The lowest BCUT2D eigenvalue weighted by molar-refractivity contribution is -0.137. The van der Waals surface area contributed by atoms with Gasteiger partial charge in [-0.3, -0.25) is 9.36 Å². The number of hydrogen-bond acceptors (Lipinski definition) is 4. The first-order valence-corrected chi connectivity index (χ1v) is 11.4. The van der Waals surface area contributed by atoms with E-state index in [9.17, 15) is 18.0 Å². The molecule has 1 fully saturated rings. The monoisotopic (exact) mass is 499 g/mol. The SMILES string of the molecule is Cc1nc2cc(C(=O)N3CCN(c4ncc(C(F)(F)F)cc4Cl)CC3)ccc2n1-c1ccccc1. The number of benzene rings is 2. The predicted molar refractivity (Wildman–Crippen MR) is 128 cm³/mol. The molecular formula is C25H21ClF3N5O. The Balaban J connectivity index is 1.31. The fourth-order valence-electron chi connectivity index (χ4n) is 4.36. The molecule has 180 valence electrons.